The third-order valence-electron chi connectivity index (χ3n) is 3.62. The largest absolute Gasteiger partial charge is 0.369 e. The lowest BCUT2D eigenvalue weighted by Gasteiger charge is -2.36. The second kappa shape index (κ2) is 5.90. The molecule has 108 valence electrons. The van der Waals surface area contributed by atoms with Crippen molar-refractivity contribution >= 4 is 17.6 Å². The molecule has 0 bridgehead atoms. The summed E-state index contributed by atoms with van der Waals surface area (Å²) in [7, 11) is 0. The zero-order valence-corrected chi connectivity index (χ0v) is 11.3. The number of nitrogens with two attached hydrogens (primary N) is 1. The zero-order valence-electron chi connectivity index (χ0n) is 11.3. The summed E-state index contributed by atoms with van der Waals surface area (Å²) in [6, 6.07) is 5.38. The summed E-state index contributed by atoms with van der Waals surface area (Å²) in [6.07, 6.45) is 1.42. The number of anilines is 1. The van der Waals surface area contributed by atoms with E-state index in [-0.39, 0.29) is 23.9 Å². The first-order chi connectivity index (χ1) is 9.47. The highest BCUT2D eigenvalue weighted by Crippen LogP contribution is 2.22. The smallest absolute Gasteiger partial charge is 0.322 e. The number of urea groups is 1. The van der Waals surface area contributed by atoms with Gasteiger partial charge in [-0.2, -0.15) is 0 Å². The third kappa shape index (κ3) is 3.26. The molecule has 1 fully saturated rings. The molecule has 1 heterocycles. The molecular weight excluding hydrogens is 261 g/mol. The van der Waals surface area contributed by atoms with E-state index in [9.17, 15) is 14.0 Å². The summed E-state index contributed by atoms with van der Waals surface area (Å²) in [5, 5.41) is 2.64. The molecule has 1 aliphatic rings. The normalized spacial score (nSPS) is 22.4. The summed E-state index contributed by atoms with van der Waals surface area (Å²) in [5.41, 5.74) is 5.69. The lowest BCUT2D eigenvalue weighted by atomic mass is 9.93. The van der Waals surface area contributed by atoms with Crippen LogP contribution in [0.15, 0.2) is 24.3 Å². The summed E-state index contributed by atoms with van der Waals surface area (Å²) in [4.78, 5) is 25.0. The van der Waals surface area contributed by atoms with Crippen LogP contribution >= 0.6 is 0 Å². The number of hydrogen-bond donors (Lipinski definition) is 2. The fourth-order valence-electron chi connectivity index (χ4n) is 2.38. The van der Waals surface area contributed by atoms with Crippen molar-refractivity contribution < 1.29 is 14.0 Å². The third-order valence-corrected chi connectivity index (χ3v) is 3.62. The van der Waals surface area contributed by atoms with Crippen molar-refractivity contribution in [1.82, 2.24) is 4.90 Å². The van der Waals surface area contributed by atoms with Crippen molar-refractivity contribution in [3.63, 3.8) is 0 Å². The minimum Gasteiger partial charge on any atom is -0.369 e. The topological polar surface area (TPSA) is 75.4 Å². The quantitative estimate of drug-likeness (QED) is 0.868. The minimum atomic E-state index is -0.412. The van der Waals surface area contributed by atoms with E-state index in [0.717, 1.165) is 6.42 Å². The molecule has 6 heteroatoms. The Bertz CT molecular complexity index is 521. The molecule has 1 aromatic carbocycles. The summed E-state index contributed by atoms with van der Waals surface area (Å²) in [5.74, 6) is -1.12. The Morgan fingerprint density at radius 1 is 1.40 bits per heavy atom. The van der Waals surface area contributed by atoms with Gasteiger partial charge in [-0.1, -0.05) is 6.07 Å². The molecule has 3 N–H and O–H groups in total. The highest BCUT2D eigenvalue weighted by molar-refractivity contribution is 5.90. The summed E-state index contributed by atoms with van der Waals surface area (Å²) >= 11 is 0. The number of primary amides is 1. The van der Waals surface area contributed by atoms with Gasteiger partial charge in [0.25, 0.3) is 0 Å². The van der Waals surface area contributed by atoms with Crippen molar-refractivity contribution in [2.75, 3.05) is 11.9 Å². The van der Waals surface area contributed by atoms with E-state index < -0.39 is 5.82 Å². The minimum absolute atomic E-state index is 0.0270. The lowest BCUT2D eigenvalue weighted by Crippen LogP contribution is -2.50. The molecule has 20 heavy (non-hydrogen) atoms. The predicted octanol–water partition coefficient (Wildman–Crippen LogP) is 1.94. The molecule has 0 saturated carbocycles. The fraction of sp³-hybridized carbons (Fsp3) is 0.429. The Hall–Kier alpha value is -2.11. The van der Waals surface area contributed by atoms with E-state index in [1.165, 1.54) is 18.2 Å². The maximum atomic E-state index is 13.1. The van der Waals surface area contributed by atoms with E-state index in [1.54, 1.807) is 11.0 Å². The number of nitrogens with zero attached hydrogens (tertiary/aromatic N) is 1. The zero-order chi connectivity index (χ0) is 14.7. The number of carbonyl (C=O) groups excluding carboxylic acids is 2. The standard InChI is InChI=1S/C14H18FN3O2/c1-9-5-6-10(13(16)19)8-18(9)14(20)17-12-4-2-3-11(15)7-12/h2-4,7,9-10H,5-6,8H2,1H3,(H2,16,19)(H,17,20)/t9-,10-/m0/s1. The van der Waals surface area contributed by atoms with Gasteiger partial charge in [0.2, 0.25) is 5.91 Å². The van der Waals surface area contributed by atoms with Gasteiger partial charge in [-0.05, 0) is 38.0 Å². The molecule has 1 aromatic rings. The van der Waals surface area contributed by atoms with E-state index in [0.29, 0.717) is 18.7 Å². The second-order valence-electron chi connectivity index (χ2n) is 5.12. The first-order valence-corrected chi connectivity index (χ1v) is 6.60. The maximum Gasteiger partial charge on any atom is 0.322 e. The number of likely N-dealkylation sites (tertiary alicyclic amines) is 1. The maximum absolute atomic E-state index is 13.1. The SMILES string of the molecule is C[C@H]1CC[C@H](C(N)=O)CN1C(=O)Nc1cccc(F)c1. The molecule has 1 aliphatic heterocycles. The van der Waals surface area contributed by atoms with Gasteiger partial charge < -0.3 is 16.0 Å². The van der Waals surface area contributed by atoms with Crippen LogP contribution in [0.3, 0.4) is 0 Å². The number of benzene rings is 1. The van der Waals surface area contributed by atoms with Crippen LogP contribution in [0.5, 0.6) is 0 Å². The number of rotatable bonds is 2. The van der Waals surface area contributed by atoms with Gasteiger partial charge in [0, 0.05) is 18.3 Å². The lowest BCUT2D eigenvalue weighted by molar-refractivity contribution is -0.123. The van der Waals surface area contributed by atoms with Gasteiger partial charge in [0.1, 0.15) is 5.82 Å². The number of nitrogens with one attached hydrogen (secondary N) is 1. The molecule has 0 radical (unpaired) electrons. The number of carbonyl (C=O) groups is 2. The first-order valence-electron chi connectivity index (χ1n) is 6.60. The van der Waals surface area contributed by atoms with Crippen LogP contribution in [0.2, 0.25) is 0 Å². The number of piperidine rings is 1. The highest BCUT2D eigenvalue weighted by atomic mass is 19.1. The Kier molecular flexibility index (Phi) is 4.22. The Morgan fingerprint density at radius 2 is 2.15 bits per heavy atom. The van der Waals surface area contributed by atoms with E-state index in [1.807, 2.05) is 6.92 Å². The molecule has 2 atom stereocenters. The van der Waals surface area contributed by atoms with Gasteiger partial charge in [-0.3, -0.25) is 4.79 Å². The average Bonchev–Trinajstić information content (AvgIpc) is 2.38. The molecule has 0 spiro atoms. The number of hydrogen-bond acceptors (Lipinski definition) is 2. The van der Waals surface area contributed by atoms with Crippen molar-refractivity contribution in [2.45, 2.75) is 25.8 Å². The Morgan fingerprint density at radius 3 is 2.80 bits per heavy atom. The van der Waals surface area contributed by atoms with E-state index in [4.69, 9.17) is 5.73 Å². The monoisotopic (exact) mass is 279 g/mol. The second-order valence-corrected chi connectivity index (χ2v) is 5.12. The van der Waals surface area contributed by atoms with Crippen molar-refractivity contribution in [1.29, 1.82) is 0 Å². The van der Waals surface area contributed by atoms with Crippen molar-refractivity contribution in [2.24, 2.45) is 11.7 Å². The number of halogens is 1. The van der Waals surface area contributed by atoms with Gasteiger partial charge in [-0.15, -0.1) is 0 Å². The van der Waals surface area contributed by atoms with Crippen molar-refractivity contribution in [3.05, 3.63) is 30.1 Å². The van der Waals surface area contributed by atoms with Crippen LogP contribution in [0.25, 0.3) is 0 Å². The van der Waals surface area contributed by atoms with Gasteiger partial charge in [0.05, 0.1) is 5.92 Å². The van der Waals surface area contributed by atoms with Crippen LogP contribution in [-0.4, -0.2) is 29.4 Å². The first kappa shape index (κ1) is 14.3. The van der Waals surface area contributed by atoms with E-state index in [2.05, 4.69) is 5.32 Å². The van der Waals surface area contributed by atoms with Gasteiger partial charge in [-0.25, -0.2) is 9.18 Å². The summed E-state index contributed by atoms with van der Waals surface area (Å²) in [6.45, 7) is 2.22. The predicted molar refractivity (Wildman–Crippen MR) is 73.5 cm³/mol. The molecule has 1 saturated heterocycles. The molecule has 0 aliphatic carbocycles. The van der Waals surface area contributed by atoms with Crippen LogP contribution < -0.4 is 11.1 Å². The molecule has 3 amide bonds. The average molecular weight is 279 g/mol. The van der Waals surface area contributed by atoms with Gasteiger partial charge >= 0.3 is 6.03 Å². The van der Waals surface area contributed by atoms with Gasteiger partial charge in [0.15, 0.2) is 0 Å². The van der Waals surface area contributed by atoms with Crippen LogP contribution in [0.4, 0.5) is 14.9 Å². The molecule has 0 unspecified atom stereocenters. The molecule has 0 aromatic heterocycles. The highest BCUT2D eigenvalue weighted by Gasteiger charge is 2.31. The fourth-order valence-corrected chi connectivity index (χ4v) is 2.38. The van der Waals surface area contributed by atoms with Crippen LogP contribution in [0, 0.1) is 11.7 Å². The van der Waals surface area contributed by atoms with Crippen LogP contribution in [-0.2, 0) is 4.79 Å². The van der Waals surface area contributed by atoms with E-state index >= 15 is 0 Å². The van der Waals surface area contributed by atoms with Crippen LogP contribution in [0.1, 0.15) is 19.8 Å². The Balaban J connectivity index is 2.05. The molecular formula is C14H18FN3O2. The Labute approximate surface area is 116 Å². The van der Waals surface area contributed by atoms with Crippen molar-refractivity contribution in [3.8, 4) is 0 Å². The molecule has 5 nitrogen and oxygen atoms in total. The number of amides is 3. The molecule has 2 rings (SSSR count). The summed E-state index contributed by atoms with van der Waals surface area (Å²) < 4.78 is 13.1.